The van der Waals surface area contributed by atoms with Crippen molar-refractivity contribution in [2.45, 2.75) is 51.4 Å². The van der Waals surface area contributed by atoms with E-state index >= 15 is 0 Å². The lowest BCUT2D eigenvalue weighted by Crippen LogP contribution is -2.32. The smallest absolute Gasteiger partial charge is 0.125 e. The van der Waals surface area contributed by atoms with E-state index in [2.05, 4.69) is 13.8 Å². The Bertz CT molecular complexity index is 378. The number of hydrogen-bond donors (Lipinski definition) is 1. The van der Waals surface area contributed by atoms with Crippen molar-refractivity contribution < 1.29 is 14.6 Å². The molecule has 0 aliphatic carbocycles. The van der Waals surface area contributed by atoms with Gasteiger partial charge in [-0.1, -0.05) is 32.0 Å². The van der Waals surface area contributed by atoms with E-state index < -0.39 is 0 Å². The molecule has 1 aliphatic rings. The molecule has 1 aliphatic heterocycles. The number of fused-ring (bicyclic) bond motifs is 1. The molecule has 1 heterocycles. The molecule has 3 atom stereocenters. The van der Waals surface area contributed by atoms with Crippen molar-refractivity contribution in [1.29, 1.82) is 0 Å². The summed E-state index contributed by atoms with van der Waals surface area (Å²) >= 11 is 0. The van der Waals surface area contributed by atoms with Crippen LogP contribution in [0.1, 0.15) is 44.8 Å². The molecule has 18 heavy (non-hydrogen) atoms. The van der Waals surface area contributed by atoms with Crippen molar-refractivity contribution >= 4 is 0 Å². The van der Waals surface area contributed by atoms with E-state index in [9.17, 15) is 5.11 Å². The van der Waals surface area contributed by atoms with Crippen LogP contribution >= 0.6 is 0 Å². The highest BCUT2D eigenvalue weighted by atomic mass is 16.6. The topological polar surface area (TPSA) is 38.7 Å². The van der Waals surface area contributed by atoms with Gasteiger partial charge in [-0.25, -0.2) is 0 Å². The Labute approximate surface area is 109 Å². The van der Waals surface area contributed by atoms with Gasteiger partial charge >= 0.3 is 0 Å². The third-order valence-corrected chi connectivity index (χ3v) is 3.49. The molecule has 0 radical (unpaired) electrons. The van der Waals surface area contributed by atoms with Gasteiger partial charge in [0.05, 0.1) is 12.2 Å². The van der Waals surface area contributed by atoms with E-state index in [1.165, 1.54) is 0 Å². The minimum atomic E-state index is -0.0623. The number of aliphatic hydroxyl groups is 1. The number of rotatable bonds is 4. The second-order valence-corrected chi connectivity index (χ2v) is 4.69. The zero-order valence-corrected chi connectivity index (χ0v) is 11.1. The average Bonchev–Trinajstić information content (AvgIpc) is 2.56. The Balaban J connectivity index is 2.32. The van der Waals surface area contributed by atoms with Crippen LogP contribution in [0.25, 0.3) is 0 Å². The Morgan fingerprint density at radius 1 is 1.11 bits per heavy atom. The van der Waals surface area contributed by atoms with Gasteiger partial charge in [0.15, 0.2) is 0 Å². The fourth-order valence-electron chi connectivity index (χ4n) is 2.51. The highest BCUT2D eigenvalue weighted by Gasteiger charge is 2.30. The molecule has 0 saturated carbocycles. The van der Waals surface area contributed by atoms with Crippen LogP contribution in [0.5, 0.6) is 5.75 Å². The Hall–Kier alpha value is -1.06. The van der Waals surface area contributed by atoms with Gasteiger partial charge in [-0.15, -0.1) is 0 Å². The van der Waals surface area contributed by atoms with E-state index in [1.54, 1.807) is 0 Å². The van der Waals surface area contributed by atoms with Crippen LogP contribution < -0.4 is 4.74 Å². The van der Waals surface area contributed by atoms with Crippen LogP contribution in [0, 0.1) is 0 Å². The fourth-order valence-corrected chi connectivity index (χ4v) is 2.51. The van der Waals surface area contributed by atoms with Crippen molar-refractivity contribution in [2.24, 2.45) is 0 Å². The zero-order valence-electron chi connectivity index (χ0n) is 11.1. The maximum atomic E-state index is 9.20. The highest BCUT2D eigenvalue weighted by Crippen LogP contribution is 2.36. The zero-order chi connectivity index (χ0) is 13.0. The van der Waals surface area contributed by atoms with Crippen molar-refractivity contribution in [1.82, 2.24) is 0 Å². The van der Waals surface area contributed by atoms with Crippen LogP contribution in [0.2, 0.25) is 0 Å². The summed E-state index contributed by atoms with van der Waals surface area (Å²) in [5.41, 5.74) is 1.06. The van der Waals surface area contributed by atoms with E-state index in [4.69, 9.17) is 9.47 Å². The monoisotopic (exact) mass is 250 g/mol. The minimum Gasteiger partial charge on any atom is -0.487 e. The number of ether oxygens (including phenoxy) is 2. The summed E-state index contributed by atoms with van der Waals surface area (Å²) in [5, 5.41) is 9.20. The molecule has 0 bridgehead atoms. The van der Waals surface area contributed by atoms with Gasteiger partial charge in [0.2, 0.25) is 0 Å². The first-order valence-electron chi connectivity index (χ1n) is 6.82. The van der Waals surface area contributed by atoms with E-state index in [1.807, 2.05) is 24.3 Å². The van der Waals surface area contributed by atoms with Gasteiger partial charge in [0.1, 0.15) is 11.9 Å². The van der Waals surface area contributed by atoms with Crippen molar-refractivity contribution in [2.75, 3.05) is 6.61 Å². The number of hydrogen-bond acceptors (Lipinski definition) is 3. The molecule has 0 saturated heterocycles. The fraction of sp³-hybridized carbons (Fsp3) is 0.600. The van der Waals surface area contributed by atoms with E-state index in [0.717, 1.165) is 24.2 Å². The SMILES string of the molecule is CCC1Oc2ccccc2C(CCO)OC1CC. The van der Waals surface area contributed by atoms with Crippen molar-refractivity contribution in [3.8, 4) is 5.75 Å². The van der Waals surface area contributed by atoms with Crippen LogP contribution in [-0.4, -0.2) is 23.9 Å². The summed E-state index contributed by atoms with van der Waals surface area (Å²) in [5.74, 6) is 0.902. The van der Waals surface area contributed by atoms with Gasteiger partial charge in [-0.3, -0.25) is 0 Å². The van der Waals surface area contributed by atoms with Crippen LogP contribution in [0.3, 0.4) is 0 Å². The van der Waals surface area contributed by atoms with E-state index in [-0.39, 0.29) is 24.9 Å². The maximum Gasteiger partial charge on any atom is 0.125 e. The highest BCUT2D eigenvalue weighted by molar-refractivity contribution is 5.36. The quantitative estimate of drug-likeness (QED) is 0.892. The van der Waals surface area contributed by atoms with E-state index in [0.29, 0.717) is 6.42 Å². The Morgan fingerprint density at radius 2 is 1.83 bits per heavy atom. The molecular formula is C15H22O3. The van der Waals surface area contributed by atoms with Gasteiger partial charge in [0.25, 0.3) is 0 Å². The molecule has 100 valence electrons. The largest absolute Gasteiger partial charge is 0.487 e. The van der Waals surface area contributed by atoms with Crippen molar-refractivity contribution in [3.05, 3.63) is 29.8 Å². The van der Waals surface area contributed by atoms with Crippen LogP contribution in [0.15, 0.2) is 24.3 Å². The second-order valence-electron chi connectivity index (χ2n) is 4.69. The second kappa shape index (κ2) is 6.21. The molecule has 0 spiro atoms. The summed E-state index contributed by atoms with van der Waals surface area (Å²) in [6.07, 6.45) is 2.60. The predicted octanol–water partition coefficient (Wildman–Crippen LogP) is 3.08. The minimum absolute atomic E-state index is 0.0623. The molecule has 1 aromatic carbocycles. The average molecular weight is 250 g/mol. The molecule has 2 rings (SSSR count). The van der Waals surface area contributed by atoms with Gasteiger partial charge in [-0.2, -0.15) is 0 Å². The number of benzene rings is 1. The molecule has 0 amide bonds. The molecule has 0 aromatic heterocycles. The molecule has 3 unspecified atom stereocenters. The lowest BCUT2D eigenvalue weighted by atomic mass is 10.1. The first-order valence-corrected chi connectivity index (χ1v) is 6.82. The Morgan fingerprint density at radius 3 is 2.50 bits per heavy atom. The maximum absolute atomic E-state index is 9.20. The first kappa shape index (κ1) is 13.4. The van der Waals surface area contributed by atoms with Gasteiger partial charge in [0, 0.05) is 18.6 Å². The standard InChI is InChI=1S/C15H22O3/c1-3-12-13(4-2)18-15(9-10-16)11-7-5-6-8-14(11)17-12/h5-8,12-13,15-16H,3-4,9-10H2,1-2H3. The molecule has 3 heteroatoms. The summed E-state index contributed by atoms with van der Waals surface area (Å²) in [4.78, 5) is 0. The first-order chi connectivity index (χ1) is 8.80. The molecular weight excluding hydrogens is 228 g/mol. The Kier molecular flexibility index (Phi) is 4.61. The number of para-hydroxylation sites is 1. The third-order valence-electron chi connectivity index (χ3n) is 3.49. The lowest BCUT2D eigenvalue weighted by Gasteiger charge is -2.25. The summed E-state index contributed by atoms with van der Waals surface area (Å²) in [7, 11) is 0. The molecule has 3 nitrogen and oxygen atoms in total. The summed E-state index contributed by atoms with van der Waals surface area (Å²) in [6, 6.07) is 7.99. The lowest BCUT2D eigenvalue weighted by molar-refractivity contribution is -0.0643. The summed E-state index contributed by atoms with van der Waals surface area (Å²) < 4.78 is 12.2. The van der Waals surface area contributed by atoms with Crippen molar-refractivity contribution in [3.63, 3.8) is 0 Å². The molecule has 1 aromatic rings. The third kappa shape index (κ3) is 2.68. The van der Waals surface area contributed by atoms with Gasteiger partial charge in [-0.05, 0) is 18.9 Å². The molecule has 1 N–H and O–H groups in total. The summed E-state index contributed by atoms with van der Waals surface area (Å²) in [6.45, 7) is 4.36. The molecule has 0 fully saturated rings. The predicted molar refractivity (Wildman–Crippen MR) is 70.8 cm³/mol. The van der Waals surface area contributed by atoms with Crippen LogP contribution in [0.4, 0.5) is 0 Å². The van der Waals surface area contributed by atoms with Gasteiger partial charge < -0.3 is 14.6 Å². The number of aliphatic hydroxyl groups excluding tert-OH is 1. The van der Waals surface area contributed by atoms with Crippen LogP contribution in [-0.2, 0) is 4.74 Å². The normalized spacial score (nSPS) is 27.2.